The quantitative estimate of drug-likeness (QED) is 0.428. The van der Waals surface area contributed by atoms with Gasteiger partial charge in [0.25, 0.3) is 0 Å². The molecule has 4 aromatic rings. The molecule has 7 nitrogen and oxygen atoms in total. The lowest BCUT2D eigenvalue weighted by Gasteiger charge is -2.38. The van der Waals surface area contributed by atoms with Gasteiger partial charge in [-0.05, 0) is 74.1 Å². The van der Waals surface area contributed by atoms with Crippen molar-refractivity contribution in [1.82, 2.24) is 19.6 Å². The number of halogens is 1. The van der Waals surface area contributed by atoms with E-state index in [1.165, 1.54) is 6.07 Å². The molecule has 6 rings (SSSR count). The van der Waals surface area contributed by atoms with Gasteiger partial charge in [-0.3, -0.25) is 0 Å². The SMILES string of the molecule is CCC1(O)CCN(c2cccc(-c3cnc4ccc(N5CCC[C@@H]5c5cccc(F)c5)nn34)n2)CC1. The van der Waals surface area contributed by atoms with Crippen molar-refractivity contribution in [2.75, 3.05) is 29.4 Å². The summed E-state index contributed by atoms with van der Waals surface area (Å²) in [6.07, 6.45) is 6.09. The number of anilines is 2. The average Bonchev–Trinajstić information content (AvgIpc) is 3.56. The van der Waals surface area contributed by atoms with Crippen molar-refractivity contribution in [3.63, 3.8) is 0 Å². The van der Waals surface area contributed by atoms with Gasteiger partial charge >= 0.3 is 0 Å². The number of nitrogens with zero attached hydrogens (tertiary/aromatic N) is 6. The zero-order chi connectivity index (χ0) is 24.7. The summed E-state index contributed by atoms with van der Waals surface area (Å²) in [6, 6.07) is 17.0. The maximum atomic E-state index is 13.9. The maximum absolute atomic E-state index is 13.9. The van der Waals surface area contributed by atoms with Crippen LogP contribution in [0.2, 0.25) is 0 Å². The summed E-state index contributed by atoms with van der Waals surface area (Å²) in [5.41, 5.74) is 2.82. The Kier molecular flexibility index (Phi) is 5.84. The monoisotopic (exact) mass is 486 g/mol. The highest BCUT2D eigenvalue weighted by atomic mass is 19.1. The second-order valence-electron chi connectivity index (χ2n) is 9.96. The van der Waals surface area contributed by atoms with Crippen LogP contribution >= 0.6 is 0 Å². The number of benzene rings is 1. The van der Waals surface area contributed by atoms with Gasteiger partial charge in [-0.25, -0.2) is 18.9 Å². The smallest absolute Gasteiger partial charge is 0.154 e. The van der Waals surface area contributed by atoms with Gasteiger partial charge in [0.05, 0.1) is 23.5 Å². The Hall–Kier alpha value is -3.52. The first-order valence-corrected chi connectivity index (χ1v) is 12.8. The second-order valence-corrected chi connectivity index (χ2v) is 9.96. The molecule has 2 fully saturated rings. The molecule has 2 aliphatic rings. The van der Waals surface area contributed by atoms with Gasteiger partial charge in [0.2, 0.25) is 0 Å². The largest absolute Gasteiger partial charge is 0.390 e. The van der Waals surface area contributed by atoms with E-state index in [4.69, 9.17) is 10.1 Å². The molecule has 0 spiro atoms. The molecule has 3 aromatic heterocycles. The molecule has 0 aliphatic carbocycles. The number of pyridine rings is 1. The number of aliphatic hydroxyl groups is 1. The van der Waals surface area contributed by atoms with Crippen LogP contribution in [0, 0.1) is 5.82 Å². The van der Waals surface area contributed by atoms with Crippen LogP contribution in [0.5, 0.6) is 0 Å². The standard InChI is InChI=1S/C28H31FN6O/c1-2-28(36)13-16-33(17-14-28)26-10-4-8-22(31-26)24-19-30-25-11-12-27(32-35(24)25)34-15-5-9-23(34)20-6-3-7-21(29)18-20/h3-4,6-8,10-12,18-19,23,36H,2,5,9,13-17H2,1H3/t23-/m1/s1. The number of rotatable bonds is 5. The molecule has 186 valence electrons. The molecule has 2 saturated heterocycles. The summed E-state index contributed by atoms with van der Waals surface area (Å²) < 4.78 is 15.8. The van der Waals surface area contributed by atoms with Crippen LogP contribution < -0.4 is 9.80 Å². The Labute approximate surface area is 210 Å². The minimum absolute atomic E-state index is 0.0972. The summed E-state index contributed by atoms with van der Waals surface area (Å²) in [4.78, 5) is 14.0. The zero-order valence-corrected chi connectivity index (χ0v) is 20.5. The van der Waals surface area contributed by atoms with E-state index in [2.05, 4.69) is 14.8 Å². The van der Waals surface area contributed by atoms with Crippen LogP contribution in [0.1, 0.15) is 50.6 Å². The Balaban J connectivity index is 1.30. The second kappa shape index (κ2) is 9.17. The Morgan fingerprint density at radius 2 is 1.86 bits per heavy atom. The zero-order valence-electron chi connectivity index (χ0n) is 20.5. The van der Waals surface area contributed by atoms with Crippen molar-refractivity contribution in [2.45, 2.75) is 50.7 Å². The topological polar surface area (TPSA) is 69.8 Å². The molecule has 1 atom stereocenters. The van der Waals surface area contributed by atoms with Crippen LogP contribution in [-0.2, 0) is 0 Å². The molecule has 1 N–H and O–H groups in total. The molecule has 0 amide bonds. The van der Waals surface area contributed by atoms with Crippen molar-refractivity contribution >= 4 is 17.3 Å². The number of hydrogen-bond acceptors (Lipinski definition) is 6. The van der Waals surface area contributed by atoms with E-state index in [1.807, 2.05) is 54.0 Å². The third-order valence-corrected chi connectivity index (χ3v) is 7.80. The minimum atomic E-state index is -0.560. The highest BCUT2D eigenvalue weighted by Gasteiger charge is 2.31. The first kappa shape index (κ1) is 22.9. The summed E-state index contributed by atoms with van der Waals surface area (Å²) >= 11 is 0. The number of piperidine rings is 1. The molecule has 0 unspecified atom stereocenters. The molecular weight excluding hydrogens is 455 g/mol. The number of fused-ring (bicyclic) bond motifs is 1. The van der Waals surface area contributed by atoms with Gasteiger partial charge in [0.15, 0.2) is 5.65 Å². The van der Waals surface area contributed by atoms with Crippen LogP contribution in [-0.4, -0.2) is 49.9 Å². The molecule has 0 saturated carbocycles. The number of hydrogen-bond donors (Lipinski definition) is 1. The average molecular weight is 487 g/mol. The summed E-state index contributed by atoms with van der Waals surface area (Å²) in [5.74, 6) is 1.54. The summed E-state index contributed by atoms with van der Waals surface area (Å²) in [5, 5.41) is 15.6. The first-order chi connectivity index (χ1) is 17.5. The van der Waals surface area contributed by atoms with Gasteiger partial charge in [-0.2, -0.15) is 0 Å². The van der Waals surface area contributed by atoms with Crippen molar-refractivity contribution in [3.05, 3.63) is 72.2 Å². The van der Waals surface area contributed by atoms with Gasteiger partial charge < -0.3 is 14.9 Å². The molecule has 0 bridgehead atoms. The van der Waals surface area contributed by atoms with Crippen LogP contribution in [0.4, 0.5) is 16.0 Å². The third kappa shape index (κ3) is 4.19. The highest BCUT2D eigenvalue weighted by Crippen LogP contribution is 2.36. The van der Waals surface area contributed by atoms with Gasteiger partial charge in [-0.1, -0.05) is 25.1 Å². The van der Waals surface area contributed by atoms with Crippen LogP contribution in [0.15, 0.2) is 60.8 Å². The van der Waals surface area contributed by atoms with E-state index < -0.39 is 5.60 Å². The Morgan fingerprint density at radius 3 is 2.67 bits per heavy atom. The van der Waals surface area contributed by atoms with Crippen LogP contribution in [0.25, 0.3) is 17.0 Å². The fourth-order valence-corrected chi connectivity index (χ4v) is 5.54. The molecular formula is C28H31FN6O. The number of aromatic nitrogens is 4. The maximum Gasteiger partial charge on any atom is 0.154 e. The molecule has 8 heteroatoms. The van der Waals surface area contributed by atoms with Gasteiger partial charge in [0, 0.05) is 19.6 Å². The van der Waals surface area contributed by atoms with Crippen molar-refractivity contribution in [3.8, 4) is 11.4 Å². The molecule has 0 radical (unpaired) electrons. The van der Waals surface area contributed by atoms with Crippen molar-refractivity contribution in [1.29, 1.82) is 0 Å². The third-order valence-electron chi connectivity index (χ3n) is 7.80. The van der Waals surface area contributed by atoms with Crippen molar-refractivity contribution < 1.29 is 9.50 Å². The van der Waals surface area contributed by atoms with Crippen molar-refractivity contribution in [2.24, 2.45) is 0 Å². The Morgan fingerprint density at radius 1 is 1.03 bits per heavy atom. The first-order valence-electron chi connectivity index (χ1n) is 12.8. The predicted molar refractivity (Wildman–Crippen MR) is 139 cm³/mol. The molecule has 1 aromatic carbocycles. The predicted octanol–water partition coefficient (Wildman–Crippen LogP) is 5.01. The van der Waals surface area contributed by atoms with E-state index in [9.17, 15) is 9.50 Å². The summed E-state index contributed by atoms with van der Waals surface area (Å²) in [7, 11) is 0. The van der Waals surface area contributed by atoms with E-state index in [0.717, 1.165) is 86.0 Å². The van der Waals surface area contributed by atoms with Gasteiger partial charge in [-0.15, -0.1) is 5.10 Å². The normalized spacial score (nSPS) is 19.8. The molecule has 2 aliphatic heterocycles. The molecule has 36 heavy (non-hydrogen) atoms. The lowest BCUT2D eigenvalue weighted by molar-refractivity contribution is 0.0125. The fourth-order valence-electron chi connectivity index (χ4n) is 5.54. The highest BCUT2D eigenvalue weighted by molar-refractivity contribution is 5.62. The molecule has 5 heterocycles. The van der Waals surface area contributed by atoms with E-state index in [0.29, 0.717) is 0 Å². The lowest BCUT2D eigenvalue weighted by atomic mass is 9.89. The van der Waals surface area contributed by atoms with E-state index >= 15 is 0 Å². The van der Waals surface area contributed by atoms with Gasteiger partial charge in [0.1, 0.15) is 23.1 Å². The minimum Gasteiger partial charge on any atom is -0.390 e. The van der Waals surface area contributed by atoms with E-state index in [-0.39, 0.29) is 11.9 Å². The summed E-state index contributed by atoms with van der Waals surface area (Å²) in [6.45, 7) is 4.49. The Bertz CT molecular complexity index is 1380. The van der Waals surface area contributed by atoms with Crippen LogP contribution in [0.3, 0.4) is 0 Å². The van der Waals surface area contributed by atoms with E-state index in [1.54, 1.807) is 12.1 Å². The number of imidazole rings is 1. The fraction of sp³-hybridized carbons (Fsp3) is 0.393. The lowest BCUT2D eigenvalue weighted by Crippen LogP contribution is -2.44.